The molecule has 2 aliphatic rings. The van der Waals surface area contributed by atoms with E-state index >= 15 is 4.79 Å². The monoisotopic (exact) mass is 668 g/mol. The fourth-order valence-electron chi connectivity index (χ4n) is 6.91. The summed E-state index contributed by atoms with van der Waals surface area (Å²) >= 11 is 6.68. The number of nitrogens with one attached hydrogen (secondary N) is 1. The highest BCUT2D eigenvalue weighted by molar-refractivity contribution is 7.93. The summed E-state index contributed by atoms with van der Waals surface area (Å²) in [7, 11) is -1.07. The largest absolute Gasteiger partial charge is 0.496 e. The van der Waals surface area contributed by atoms with Gasteiger partial charge in [-0.1, -0.05) is 35.9 Å². The third-order valence-corrected chi connectivity index (χ3v) is 11.0. The minimum absolute atomic E-state index is 0.0564. The van der Waals surface area contributed by atoms with Crippen LogP contribution in [0.2, 0.25) is 5.02 Å². The number of amides is 1. The molecule has 1 amide bonds. The second-order valence-electron chi connectivity index (χ2n) is 11.5. The van der Waals surface area contributed by atoms with Crippen LogP contribution in [-0.4, -0.2) is 69.5 Å². The van der Waals surface area contributed by atoms with E-state index in [0.29, 0.717) is 60.0 Å². The SMILES string of the molecule is CNCc1ccc(OC)c(C2(N3CCN(c4ccncc4)CC3)C(=O)N(S(=O)(=O)c3cccc4cccnc34)c3ccc(Cl)cc32)c1. The van der Waals surface area contributed by atoms with Crippen LogP contribution >= 0.6 is 11.6 Å². The number of ether oxygens (including phenoxy) is 1. The van der Waals surface area contributed by atoms with Crippen LogP contribution in [-0.2, 0) is 26.9 Å². The molecule has 1 atom stereocenters. The van der Waals surface area contributed by atoms with Crippen LogP contribution in [0.5, 0.6) is 5.75 Å². The molecule has 7 rings (SSSR count). The molecule has 2 aliphatic heterocycles. The van der Waals surface area contributed by atoms with Crippen LogP contribution in [0, 0.1) is 0 Å². The summed E-state index contributed by atoms with van der Waals surface area (Å²) in [5, 5.41) is 4.21. The Morgan fingerprint density at radius 2 is 1.68 bits per heavy atom. The van der Waals surface area contributed by atoms with Gasteiger partial charge in [0.1, 0.15) is 10.6 Å². The zero-order chi connectivity index (χ0) is 32.8. The van der Waals surface area contributed by atoms with Crippen molar-refractivity contribution in [2.75, 3.05) is 49.5 Å². The number of anilines is 2. The summed E-state index contributed by atoms with van der Waals surface area (Å²) in [6.45, 7) is 2.61. The molecule has 0 radical (unpaired) electrons. The van der Waals surface area contributed by atoms with Crippen molar-refractivity contribution in [2.45, 2.75) is 17.0 Å². The molecule has 0 saturated carbocycles. The molecule has 3 aromatic carbocycles. The number of nitrogens with zero attached hydrogens (tertiary/aromatic N) is 5. The van der Waals surface area contributed by atoms with Gasteiger partial charge in [-0.15, -0.1) is 0 Å². The Hall–Kier alpha value is -4.55. The fourth-order valence-corrected chi connectivity index (χ4v) is 8.71. The van der Waals surface area contributed by atoms with Gasteiger partial charge < -0.3 is 15.0 Å². The molecule has 240 valence electrons. The number of hydrogen-bond acceptors (Lipinski definition) is 9. The number of benzene rings is 3. The van der Waals surface area contributed by atoms with Crippen LogP contribution in [0.25, 0.3) is 10.9 Å². The average molecular weight is 669 g/mol. The number of fused-ring (bicyclic) bond motifs is 2. The Morgan fingerprint density at radius 3 is 2.43 bits per heavy atom. The Bertz CT molecular complexity index is 2080. The van der Waals surface area contributed by atoms with Gasteiger partial charge in [-0.05, 0) is 67.2 Å². The number of methoxy groups -OCH3 is 1. The van der Waals surface area contributed by atoms with E-state index in [0.717, 1.165) is 15.6 Å². The topological polar surface area (TPSA) is 108 Å². The molecule has 1 saturated heterocycles. The van der Waals surface area contributed by atoms with Gasteiger partial charge in [0.15, 0.2) is 5.54 Å². The first-order chi connectivity index (χ1) is 22.8. The minimum atomic E-state index is -4.47. The summed E-state index contributed by atoms with van der Waals surface area (Å²) in [4.78, 5) is 28.3. The molecule has 47 heavy (non-hydrogen) atoms. The molecule has 1 N–H and O–H groups in total. The Labute approximate surface area is 278 Å². The fraction of sp³-hybridized carbons (Fsp3) is 0.229. The Balaban J connectivity index is 1.46. The van der Waals surface area contributed by atoms with Gasteiger partial charge in [0.25, 0.3) is 15.9 Å². The van der Waals surface area contributed by atoms with Crippen LogP contribution in [0.4, 0.5) is 11.4 Å². The molecule has 5 aromatic rings. The maximum Gasteiger partial charge on any atom is 0.273 e. The summed E-state index contributed by atoms with van der Waals surface area (Å²) in [6, 6.07) is 23.1. The van der Waals surface area contributed by atoms with Gasteiger partial charge in [0.05, 0.1) is 18.3 Å². The highest BCUT2D eigenvalue weighted by atomic mass is 35.5. The lowest BCUT2D eigenvalue weighted by molar-refractivity contribution is -0.127. The average Bonchev–Trinajstić information content (AvgIpc) is 3.36. The number of rotatable bonds is 8. The maximum absolute atomic E-state index is 15.5. The maximum atomic E-state index is 15.5. The number of sulfonamides is 1. The Morgan fingerprint density at radius 1 is 0.915 bits per heavy atom. The standard InChI is InChI=1S/C35H33ClN6O4S/c1-37-23-24-8-11-31(46-2)29(21-24)35(41-19-17-40(18-20-41)27-12-15-38-16-13-27)28-22-26(36)9-10-30(28)42(34(35)43)47(44,45)32-7-3-5-25-6-4-14-39-33(25)32/h3-16,21-22,37H,17-20,23H2,1-2H3. The van der Waals surface area contributed by atoms with Crippen molar-refractivity contribution in [3.05, 3.63) is 119 Å². The first kappa shape index (κ1) is 31.1. The lowest BCUT2D eigenvalue weighted by Gasteiger charge is -2.46. The number of halogens is 1. The van der Waals surface area contributed by atoms with Crippen molar-refractivity contribution in [1.29, 1.82) is 0 Å². The van der Waals surface area contributed by atoms with Crippen LogP contribution in [0.15, 0.2) is 102 Å². The van der Waals surface area contributed by atoms with Gasteiger partial charge in [0, 0.05) is 78.5 Å². The lowest BCUT2D eigenvalue weighted by atomic mass is 9.80. The van der Waals surface area contributed by atoms with Crippen molar-refractivity contribution in [2.24, 2.45) is 0 Å². The van der Waals surface area contributed by atoms with Gasteiger partial charge in [0.2, 0.25) is 0 Å². The first-order valence-corrected chi connectivity index (χ1v) is 17.1. The van der Waals surface area contributed by atoms with Crippen molar-refractivity contribution in [3.63, 3.8) is 0 Å². The van der Waals surface area contributed by atoms with Crippen LogP contribution < -0.4 is 19.3 Å². The van der Waals surface area contributed by atoms with Gasteiger partial charge >= 0.3 is 0 Å². The molecule has 4 heterocycles. The number of piperazine rings is 1. The summed E-state index contributed by atoms with van der Waals surface area (Å²) in [5.74, 6) is -0.160. The number of para-hydroxylation sites is 1. The highest BCUT2D eigenvalue weighted by Crippen LogP contribution is 2.53. The van der Waals surface area contributed by atoms with E-state index in [2.05, 4.69) is 25.1 Å². The van der Waals surface area contributed by atoms with Gasteiger partial charge in [-0.3, -0.25) is 19.7 Å². The Kier molecular flexibility index (Phi) is 8.09. The quantitative estimate of drug-likeness (QED) is 0.249. The van der Waals surface area contributed by atoms with E-state index in [-0.39, 0.29) is 16.1 Å². The smallest absolute Gasteiger partial charge is 0.273 e. The molecular weight excluding hydrogens is 636 g/mol. The van der Waals surface area contributed by atoms with E-state index < -0.39 is 21.5 Å². The van der Waals surface area contributed by atoms with Crippen LogP contribution in [0.3, 0.4) is 0 Å². The lowest BCUT2D eigenvalue weighted by Crippen LogP contribution is -2.60. The third-order valence-electron chi connectivity index (χ3n) is 8.99. The molecular formula is C35H33ClN6O4S. The zero-order valence-electron chi connectivity index (χ0n) is 25.9. The molecule has 2 aromatic heterocycles. The van der Waals surface area contributed by atoms with Gasteiger partial charge in [-0.25, -0.2) is 12.7 Å². The molecule has 12 heteroatoms. The van der Waals surface area contributed by atoms with Crippen molar-refractivity contribution >= 4 is 49.8 Å². The second-order valence-corrected chi connectivity index (χ2v) is 13.7. The first-order valence-electron chi connectivity index (χ1n) is 15.3. The van der Waals surface area contributed by atoms with E-state index in [1.807, 2.05) is 37.4 Å². The number of hydrogen-bond donors (Lipinski definition) is 1. The predicted octanol–water partition coefficient (Wildman–Crippen LogP) is 4.81. The van der Waals surface area contributed by atoms with Crippen molar-refractivity contribution in [3.8, 4) is 5.75 Å². The van der Waals surface area contributed by atoms with E-state index in [4.69, 9.17) is 16.3 Å². The van der Waals surface area contributed by atoms with Crippen molar-refractivity contribution in [1.82, 2.24) is 20.2 Å². The molecule has 1 unspecified atom stereocenters. The summed E-state index contributed by atoms with van der Waals surface area (Å²) < 4.78 is 36.5. The minimum Gasteiger partial charge on any atom is -0.496 e. The second kappa shape index (κ2) is 12.2. The molecule has 1 fully saturated rings. The van der Waals surface area contributed by atoms with E-state index in [1.54, 1.807) is 68.2 Å². The number of aromatic nitrogens is 2. The normalized spacial score (nSPS) is 18.5. The van der Waals surface area contributed by atoms with E-state index in [9.17, 15) is 8.42 Å². The molecule has 0 bridgehead atoms. The summed E-state index contributed by atoms with van der Waals surface area (Å²) in [5.41, 5.74) is 1.91. The summed E-state index contributed by atoms with van der Waals surface area (Å²) in [6.07, 6.45) is 5.06. The zero-order valence-corrected chi connectivity index (χ0v) is 27.5. The van der Waals surface area contributed by atoms with E-state index in [1.165, 1.54) is 6.07 Å². The molecule has 0 aliphatic carbocycles. The van der Waals surface area contributed by atoms with Gasteiger partial charge in [-0.2, -0.15) is 0 Å². The van der Waals surface area contributed by atoms with Crippen LogP contribution in [0.1, 0.15) is 16.7 Å². The van der Waals surface area contributed by atoms with Crippen molar-refractivity contribution < 1.29 is 17.9 Å². The predicted molar refractivity (Wildman–Crippen MR) is 182 cm³/mol. The number of carbonyl (C=O) groups excluding carboxylic acids is 1. The molecule has 0 spiro atoms. The highest BCUT2D eigenvalue weighted by Gasteiger charge is 2.60. The molecule has 10 nitrogen and oxygen atoms in total. The number of carbonyl (C=O) groups is 1. The number of pyridine rings is 2. The third kappa shape index (κ3) is 5.01.